The van der Waals surface area contributed by atoms with Gasteiger partial charge in [0.2, 0.25) is 0 Å². The number of fused-ring (bicyclic) bond motifs is 1. The van der Waals surface area contributed by atoms with Crippen LogP contribution in [0.3, 0.4) is 0 Å². The maximum Gasteiger partial charge on any atom is 0.277 e. The molecule has 1 aromatic carbocycles. The monoisotopic (exact) mass is 256 g/mol. The molecule has 0 fully saturated rings. The van der Waals surface area contributed by atoms with E-state index in [2.05, 4.69) is 5.10 Å². The lowest BCUT2D eigenvalue weighted by molar-refractivity contribution is 0.0927. The molecule has 2 heterocycles. The van der Waals surface area contributed by atoms with E-state index in [1.807, 2.05) is 24.3 Å². The van der Waals surface area contributed by atoms with E-state index in [4.69, 9.17) is 9.47 Å². The molecule has 1 aliphatic rings. The molecule has 0 bridgehead atoms. The van der Waals surface area contributed by atoms with Crippen LogP contribution < -0.4 is 9.47 Å². The highest BCUT2D eigenvalue weighted by Gasteiger charge is 2.21. The van der Waals surface area contributed by atoms with Crippen LogP contribution in [0.2, 0.25) is 0 Å². The number of carbonyl (C=O) groups excluding carboxylic acids is 1. The van der Waals surface area contributed by atoms with E-state index in [9.17, 15) is 4.79 Å². The molecule has 0 unspecified atom stereocenters. The van der Waals surface area contributed by atoms with Gasteiger partial charge >= 0.3 is 0 Å². The maximum absolute atomic E-state index is 12.1. The fourth-order valence-corrected chi connectivity index (χ4v) is 2.00. The van der Waals surface area contributed by atoms with Crippen molar-refractivity contribution in [3.05, 3.63) is 47.8 Å². The third-order valence-electron chi connectivity index (χ3n) is 2.92. The van der Waals surface area contributed by atoms with Gasteiger partial charge in [-0.25, -0.2) is 4.68 Å². The number of hydrogen-bond acceptors (Lipinski definition) is 4. The van der Waals surface area contributed by atoms with Gasteiger partial charge in [0.1, 0.15) is 6.61 Å². The SMILES string of the molecule is COc1cccc2c1OCC(C(=O)n1cccn1)=C2. The van der Waals surface area contributed by atoms with Gasteiger partial charge in [0.25, 0.3) is 5.91 Å². The Morgan fingerprint density at radius 3 is 3.05 bits per heavy atom. The van der Waals surface area contributed by atoms with Gasteiger partial charge in [-0.2, -0.15) is 5.10 Å². The molecule has 0 N–H and O–H groups in total. The minimum atomic E-state index is -0.182. The molecule has 0 saturated carbocycles. The van der Waals surface area contributed by atoms with Gasteiger partial charge in [0, 0.05) is 18.0 Å². The number of ether oxygens (including phenoxy) is 2. The Hall–Kier alpha value is -2.56. The number of para-hydroxylation sites is 1. The van der Waals surface area contributed by atoms with Crippen molar-refractivity contribution >= 4 is 12.0 Å². The Kier molecular flexibility index (Phi) is 2.79. The molecule has 1 aromatic heterocycles. The Morgan fingerprint density at radius 2 is 2.32 bits per heavy atom. The molecular weight excluding hydrogens is 244 g/mol. The molecule has 3 rings (SSSR count). The van der Waals surface area contributed by atoms with Gasteiger partial charge in [-0.3, -0.25) is 4.79 Å². The highest BCUT2D eigenvalue weighted by molar-refractivity contribution is 6.00. The molecule has 2 aromatic rings. The topological polar surface area (TPSA) is 53.4 Å². The lowest BCUT2D eigenvalue weighted by Crippen LogP contribution is -2.21. The zero-order chi connectivity index (χ0) is 13.2. The van der Waals surface area contributed by atoms with Crippen LogP contribution in [0.1, 0.15) is 10.4 Å². The molecule has 0 amide bonds. The normalized spacial score (nSPS) is 13.2. The Bertz CT molecular complexity index is 645. The minimum Gasteiger partial charge on any atom is -0.493 e. The van der Waals surface area contributed by atoms with Gasteiger partial charge in [0.05, 0.1) is 12.7 Å². The summed E-state index contributed by atoms with van der Waals surface area (Å²) in [5.41, 5.74) is 1.39. The molecule has 5 nitrogen and oxygen atoms in total. The zero-order valence-corrected chi connectivity index (χ0v) is 10.4. The van der Waals surface area contributed by atoms with Crippen molar-refractivity contribution in [3.63, 3.8) is 0 Å². The lowest BCUT2D eigenvalue weighted by atomic mass is 10.1. The summed E-state index contributed by atoms with van der Waals surface area (Å²) in [6.07, 6.45) is 4.99. The third kappa shape index (κ3) is 1.99. The molecule has 19 heavy (non-hydrogen) atoms. The molecular formula is C14H12N2O3. The molecule has 96 valence electrons. The smallest absolute Gasteiger partial charge is 0.277 e. The lowest BCUT2D eigenvalue weighted by Gasteiger charge is -2.19. The van der Waals surface area contributed by atoms with Crippen molar-refractivity contribution in [1.29, 1.82) is 0 Å². The molecule has 0 radical (unpaired) electrons. The largest absolute Gasteiger partial charge is 0.493 e. The van der Waals surface area contributed by atoms with E-state index in [0.717, 1.165) is 5.56 Å². The highest BCUT2D eigenvalue weighted by Crippen LogP contribution is 2.35. The Balaban J connectivity index is 1.98. The van der Waals surface area contributed by atoms with Gasteiger partial charge in [-0.1, -0.05) is 12.1 Å². The summed E-state index contributed by atoms with van der Waals surface area (Å²) in [6.45, 7) is 0.214. The van der Waals surface area contributed by atoms with Crippen LogP contribution in [0.25, 0.3) is 6.08 Å². The highest BCUT2D eigenvalue weighted by atomic mass is 16.5. The van der Waals surface area contributed by atoms with E-state index < -0.39 is 0 Å². The second-order valence-corrected chi connectivity index (χ2v) is 4.09. The maximum atomic E-state index is 12.1. The molecule has 0 aliphatic carbocycles. The van der Waals surface area contributed by atoms with Crippen LogP contribution in [-0.4, -0.2) is 29.4 Å². The van der Waals surface area contributed by atoms with Gasteiger partial charge < -0.3 is 9.47 Å². The number of hydrogen-bond donors (Lipinski definition) is 0. The zero-order valence-electron chi connectivity index (χ0n) is 10.4. The van der Waals surface area contributed by atoms with E-state index in [1.54, 1.807) is 25.6 Å². The van der Waals surface area contributed by atoms with Crippen molar-refractivity contribution in [2.24, 2.45) is 0 Å². The van der Waals surface area contributed by atoms with Crippen molar-refractivity contribution < 1.29 is 14.3 Å². The summed E-state index contributed by atoms with van der Waals surface area (Å²) < 4.78 is 12.1. The van der Waals surface area contributed by atoms with E-state index in [0.29, 0.717) is 17.1 Å². The number of methoxy groups -OCH3 is 1. The van der Waals surface area contributed by atoms with Crippen LogP contribution >= 0.6 is 0 Å². The predicted octanol–water partition coefficient (Wildman–Crippen LogP) is 2.01. The standard InChI is InChI=1S/C14H12N2O3/c1-18-12-5-2-4-10-8-11(9-19-13(10)12)14(17)16-7-3-6-15-16/h2-8H,9H2,1H3. The number of benzene rings is 1. The first-order chi connectivity index (χ1) is 9.29. The van der Waals surface area contributed by atoms with Crippen molar-refractivity contribution in [2.45, 2.75) is 0 Å². The first-order valence-corrected chi connectivity index (χ1v) is 5.84. The van der Waals surface area contributed by atoms with E-state index in [-0.39, 0.29) is 12.5 Å². The Labute approximate surface area is 110 Å². The summed E-state index contributed by atoms with van der Waals surface area (Å²) in [5, 5.41) is 3.93. The minimum absolute atomic E-state index is 0.182. The van der Waals surface area contributed by atoms with Crippen molar-refractivity contribution in [1.82, 2.24) is 9.78 Å². The number of nitrogens with zero attached hydrogens (tertiary/aromatic N) is 2. The average molecular weight is 256 g/mol. The van der Waals surface area contributed by atoms with Crippen LogP contribution in [0.4, 0.5) is 0 Å². The van der Waals surface area contributed by atoms with Crippen LogP contribution in [0, 0.1) is 0 Å². The van der Waals surface area contributed by atoms with E-state index in [1.165, 1.54) is 4.68 Å². The predicted molar refractivity (Wildman–Crippen MR) is 69.3 cm³/mol. The van der Waals surface area contributed by atoms with Crippen LogP contribution in [-0.2, 0) is 0 Å². The number of aromatic nitrogens is 2. The van der Waals surface area contributed by atoms with Gasteiger partial charge in [-0.15, -0.1) is 0 Å². The summed E-state index contributed by atoms with van der Waals surface area (Å²) in [4.78, 5) is 12.1. The summed E-state index contributed by atoms with van der Waals surface area (Å²) in [7, 11) is 1.59. The summed E-state index contributed by atoms with van der Waals surface area (Å²) in [6, 6.07) is 7.28. The number of rotatable bonds is 2. The first kappa shape index (κ1) is 11.5. The van der Waals surface area contributed by atoms with Crippen molar-refractivity contribution in [2.75, 3.05) is 13.7 Å². The molecule has 5 heteroatoms. The van der Waals surface area contributed by atoms with Crippen molar-refractivity contribution in [3.8, 4) is 11.5 Å². The second-order valence-electron chi connectivity index (χ2n) is 4.09. The quantitative estimate of drug-likeness (QED) is 0.824. The second kappa shape index (κ2) is 4.61. The average Bonchev–Trinajstić information content (AvgIpc) is 2.99. The molecule has 0 atom stereocenters. The first-order valence-electron chi connectivity index (χ1n) is 5.84. The van der Waals surface area contributed by atoms with Crippen LogP contribution in [0.5, 0.6) is 11.5 Å². The summed E-state index contributed by atoms with van der Waals surface area (Å²) in [5.74, 6) is 1.15. The fourth-order valence-electron chi connectivity index (χ4n) is 2.00. The van der Waals surface area contributed by atoms with Gasteiger partial charge in [0.15, 0.2) is 11.5 Å². The van der Waals surface area contributed by atoms with Crippen LogP contribution in [0.15, 0.2) is 42.2 Å². The molecule has 0 spiro atoms. The van der Waals surface area contributed by atoms with Gasteiger partial charge in [-0.05, 0) is 18.2 Å². The summed E-state index contributed by atoms with van der Waals surface area (Å²) >= 11 is 0. The fraction of sp³-hybridized carbons (Fsp3) is 0.143. The number of carbonyl (C=O) groups is 1. The molecule has 1 aliphatic heterocycles. The molecule has 0 saturated heterocycles. The third-order valence-corrected chi connectivity index (χ3v) is 2.92. The van der Waals surface area contributed by atoms with E-state index >= 15 is 0 Å². The Morgan fingerprint density at radius 1 is 1.42 bits per heavy atom.